The monoisotopic (exact) mass is 385 g/mol. The lowest BCUT2D eigenvalue weighted by Gasteiger charge is -2.14. The second kappa shape index (κ2) is 8.30. The van der Waals surface area contributed by atoms with Gasteiger partial charge in [-0.3, -0.25) is 4.79 Å². The number of hydrogen-bond acceptors (Lipinski definition) is 6. The molecule has 0 saturated heterocycles. The van der Waals surface area contributed by atoms with Gasteiger partial charge in [-0.1, -0.05) is 43.8 Å². The van der Waals surface area contributed by atoms with Crippen molar-refractivity contribution in [1.29, 1.82) is 0 Å². The summed E-state index contributed by atoms with van der Waals surface area (Å²) in [6.45, 7) is 5.99. The molecule has 3 rings (SSSR count). The van der Waals surface area contributed by atoms with Crippen LogP contribution in [-0.2, 0) is 17.6 Å². The molecule has 8 heteroatoms. The Morgan fingerprint density at radius 2 is 1.93 bits per heavy atom. The highest BCUT2D eigenvalue weighted by Gasteiger charge is 2.17. The van der Waals surface area contributed by atoms with Gasteiger partial charge in [-0.25, -0.2) is 4.68 Å². The number of carbonyl (C=O) groups is 1. The third kappa shape index (κ3) is 4.00. The number of para-hydroxylation sites is 1. The van der Waals surface area contributed by atoms with Crippen LogP contribution in [0, 0.1) is 6.92 Å². The summed E-state index contributed by atoms with van der Waals surface area (Å²) in [4.78, 5) is 12.5. The fourth-order valence-corrected chi connectivity index (χ4v) is 3.54. The summed E-state index contributed by atoms with van der Waals surface area (Å²) in [7, 11) is 0. The summed E-state index contributed by atoms with van der Waals surface area (Å²) in [5.41, 5.74) is 3.96. The van der Waals surface area contributed by atoms with Crippen LogP contribution in [0.25, 0.3) is 11.4 Å². The van der Waals surface area contributed by atoms with Crippen molar-refractivity contribution >= 4 is 23.4 Å². The van der Waals surface area contributed by atoms with E-state index in [1.54, 1.807) is 12.3 Å². The first kappa shape index (κ1) is 19.0. The molecule has 27 heavy (non-hydrogen) atoms. The molecule has 0 bridgehead atoms. The number of anilines is 1. The van der Waals surface area contributed by atoms with E-state index in [-0.39, 0.29) is 11.7 Å². The Morgan fingerprint density at radius 1 is 1.22 bits per heavy atom. The topological polar surface area (TPSA) is 99.0 Å². The van der Waals surface area contributed by atoms with Gasteiger partial charge in [0.1, 0.15) is 5.76 Å². The molecule has 3 aromatic rings. The molecule has 0 unspecified atom stereocenters. The van der Waals surface area contributed by atoms with Crippen LogP contribution in [0.1, 0.15) is 30.7 Å². The Bertz CT molecular complexity index is 925. The summed E-state index contributed by atoms with van der Waals surface area (Å²) in [5.74, 6) is 7.41. The zero-order valence-electron chi connectivity index (χ0n) is 15.7. The van der Waals surface area contributed by atoms with Crippen LogP contribution in [0.3, 0.4) is 0 Å². The molecule has 2 aromatic heterocycles. The van der Waals surface area contributed by atoms with Crippen LogP contribution in [0.5, 0.6) is 0 Å². The number of nitrogens with zero attached hydrogens (tertiary/aromatic N) is 3. The third-order valence-corrected chi connectivity index (χ3v) is 5.30. The number of hydrogen-bond donors (Lipinski definition) is 2. The van der Waals surface area contributed by atoms with E-state index in [2.05, 4.69) is 29.4 Å². The Balaban J connectivity index is 1.69. The molecule has 3 N–H and O–H groups in total. The van der Waals surface area contributed by atoms with Crippen molar-refractivity contribution in [1.82, 2.24) is 14.9 Å². The summed E-state index contributed by atoms with van der Waals surface area (Å²) in [6, 6.07) is 7.89. The summed E-state index contributed by atoms with van der Waals surface area (Å²) in [5, 5.41) is 11.7. The maximum atomic E-state index is 12.5. The average molecular weight is 385 g/mol. The largest absolute Gasteiger partial charge is 0.469 e. The van der Waals surface area contributed by atoms with Crippen molar-refractivity contribution in [3.8, 4) is 11.4 Å². The Kier molecular flexibility index (Phi) is 5.85. The van der Waals surface area contributed by atoms with E-state index in [0.717, 1.165) is 35.2 Å². The molecular formula is C19H23N5O2S. The molecule has 0 aliphatic rings. The van der Waals surface area contributed by atoms with Crippen molar-refractivity contribution in [3.63, 3.8) is 0 Å². The van der Waals surface area contributed by atoms with Crippen LogP contribution in [0.4, 0.5) is 5.69 Å². The van der Waals surface area contributed by atoms with Crippen LogP contribution in [0.2, 0.25) is 0 Å². The second-order valence-electron chi connectivity index (χ2n) is 6.06. The molecule has 2 heterocycles. The molecule has 0 radical (unpaired) electrons. The number of rotatable bonds is 7. The van der Waals surface area contributed by atoms with Gasteiger partial charge in [0, 0.05) is 5.69 Å². The molecule has 0 aliphatic heterocycles. The van der Waals surface area contributed by atoms with E-state index in [1.807, 2.05) is 25.1 Å². The van der Waals surface area contributed by atoms with E-state index in [0.29, 0.717) is 16.7 Å². The minimum atomic E-state index is -0.0976. The second-order valence-corrected chi connectivity index (χ2v) is 7.00. The number of benzene rings is 1. The molecule has 142 valence electrons. The van der Waals surface area contributed by atoms with Crippen molar-refractivity contribution in [2.24, 2.45) is 0 Å². The number of furan rings is 1. The zero-order valence-corrected chi connectivity index (χ0v) is 16.5. The molecule has 1 aromatic carbocycles. The van der Waals surface area contributed by atoms with E-state index < -0.39 is 0 Å². The maximum absolute atomic E-state index is 12.5. The van der Waals surface area contributed by atoms with E-state index in [4.69, 9.17) is 10.3 Å². The SMILES string of the molecule is CCc1cccc(CC)c1NC(=O)CSc1nnc(-c2ccoc2C)n1N. The minimum Gasteiger partial charge on any atom is -0.469 e. The highest BCUT2D eigenvalue weighted by Crippen LogP contribution is 2.26. The number of nitrogen functional groups attached to an aromatic ring is 1. The van der Waals surface area contributed by atoms with Gasteiger partial charge < -0.3 is 15.6 Å². The molecule has 0 spiro atoms. The van der Waals surface area contributed by atoms with Gasteiger partial charge in [0.15, 0.2) is 5.82 Å². The third-order valence-electron chi connectivity index (χ3n) is 4.36. The number of aromatic nitrogens is 3. The predicted molar refractivity (Wildman–Crippen MR) is 107 cm³/mol. The summed E-state index contributed by atoms with van der Waals surface area (Å²) < 4.78 is 6.67. The molecule has 0 atom stereocenters. The number of thioether (sulfide) groups is 1. The summed E-state index contributed by atoms with van der Waals surface area (Å²) in [6.07, 6.45) is 3.30. The fraction of sp³-hybridized carbons (Fsp3) is 0.316. The van der Waals surface area contributed by atoms with Crippen LogP contribution in [0.15, 0.2) is 40.1 Å². The van der Waals surface area contributed by atoms with Gasteiger partial charge >= 0.3 is 0 Å². The fourth-order valence-electron chi connectivity index (χ4n) is 2.88. The molecular weight excluding hydrogens is 362 g/mol. The van der Waals surface area contributed by atoms with E-state index in [9.17, 15) is 4.79 Å². The highest BCUT2D eigenvalue weighted by atomic mass is 32.2. The van der Waals surface area contributed by atoms with Crippen molar-refractivity contribution in [3.05, 3.63) is 47.4 Å². The zero-order chi connectivity index (χ0) is 19.4. The van der Waals surface area contributed by atoms with Gasteiger partial charge in [-0.2, -0.15) is 0 Å². The quantitative estimate of drug-likeness (QED) is 0.478. The molecule has 1 amide bonds. The predicted octanol–water partition coefficient (Wildman–Crippen LogP) is 3.42. The lowest BCUT2D eigenvalue weighted by molar-refractivity contribution is -0.113. The van der Waals surface area contributed by atoms with Gasteiger partial charge in [-0.05, 0) is 37.0 Å². The van der Waals surface area contributed by atoms with E-state index >= 15 is 0 Å². The number of amides is 1. The summed E-state index contributed by atoms with van der Waals surface area (Å²) >= 11 is 1.25. The number of aryl methyl sites for hydroxylation is 3. The van der Waals surface area contributed by atoms with Gasteiger partial charge in [0.2, 0.25) is 11.1 Å². The van der Waals surface area contributed by atoms with Gasteiger partial charge in [0.25, 0.3) is 0 Å². The van der Waals surface area contributed by atoms with Gasteiger partial charge in [-0.15, -0.1) is 10.2 Å². The minimum absolute atomic E-state index is 0.0976. The Hall–Kier alpha value is -2.74. The Morgan fingerprint density at radius 3 is 2.52 bits per heavy atom. The standard InChI is InChI=1S/C19H23N5O2S/c1-4-13-7-6-8-14(5-2)17(13)21-16(25)11-27-19-23-22-18(24(19)20)15-9-10-26-12(15)3/h6-10H,4-5,11,20H2,1-3H3,(H,21,25). The number of nitrogens with two attached hydrogens (primary N) is 1. The first-order valence-corrected chi connectivity index (χ1v) is 9.82. The first-order valence-electron chi connectivity index (χ1n) is 8.83. The molecule has 7 nitrogen and oxygen atoms in total. The van der Waals surface area contributed by atoms with Crippen LogP contribution < -0.4 is 11.2 Å². The Labute approximate surface area is 162 Å². The lowest BCUT2D eigenvalue weighted by Crippen LogP contribution is -2.18. The highest BCUT2D eigenvalue weighted by molar-refractivity contribution is 7.99. The lowest BCUT2D eigenvalue weighted by atomic mass is 10.0. The molecule has 0 saturated carbocycles. The van der Waals surface area contributed by atoms with Crippen molar-refractivity contribution < 1.29 is 9.21 Å². The van der Waals surface area contributed by atoms with Crippen molar-refractivity contribution in [2.45, 2.75) is 38.8 Å². The van der Waals surface area contributed by atoms with Crippen LogP contribution >= 0.6 is 11.8 Å². The van der Waals surface area contributed by atoms with Gasteiger partial charge in [0.05, 0.1) is 17.6 Å². The maximum Gasteiger partial charge on any atom is 0.234 e. The smallest absolute Gasteiger partial charge is 0.234 e. The number of carbonyl (C=O) groups excluding carboxylic acids is 1. The van der Waals surface area contributed by atoms with E-state index in [1.165, 1.54) is 16.4 Å². The number of nitrogens with one attached hydrogen (secondary N) is 1. The molecule has 0 fully saturated rings. The first-order chi connectivity index (χ1) is 13.0. The van der Waals surface area contributed by atoms with Crippen molar-refractivity contribution in [2.75, 3.05) is 16.9 Å². The molecule has 0 aliphatic carbocycles. The average Bonchev–Trinajstić information content (AvgIpc) is 3.25. The van der Waals surface area contributed by atoms with Crippen LogP contribution in [-0.4, -0.2) is 26.5 Å². The normalized spacial score (nSPS) is 10.9.